The van der Waals surface area contributed by atoms with Crippen LogP contribution in [0.4, 0.5) is 5.13 Å². The summed E-state index contributed by atoms with van der Waals surface area (Å²) in [6, 6.07) is 0. The first-order valence-corrected chi connectivity index (χ1v) is 5.46. The normalized spacial score (nSPS) is 10.2. The smallest absolute Gasteiger partial charge is 0.312 e. The van der Waals surface area contributed by atoms with E-state index in [0.29, 0.717) is 5.13 Å². The molecule has 0 fully saturated rings. The van der Waals surface area contributed by atoms with E-state index < -0.39 is 11.6 Å². The zero-order valence-corrected chi connectivity index (χ0v) is 9.61. The van der Waals surface area contributed by atoms with Gasteiger partial charge in [0.05, 0.1) is 9.98 Å². The highest BCUT2D eigenvalue weighted by Gasteiger charge is 2.09. The number of thiazole rings is 1. The second-order valence-electron chi connectivity index (χ2n) is 2.58. The van der Waals surface area contributed by atoms with Crippen LogP contribution in [0, 0.1) is 0 Å². The minimum absolute atomic E-state index is 0.173. The summed E-state index contributed by atoms with van der Waals surface area (Å²) in [6.07, 6.45) is 2.89. The van der Waals surface area contributed by atoms with Gasteiger partial charge in [-0.1, -0.05) is 11.3 Å². The first kappa shape index (κ1) is 10.1. The summed E-state index contributed by atoms with van der Waals surface area (Å²) in [5.41, 5.74) is -0.244. The van der Waals surface area contributed by atoms with Gasteiger partial charge in [-0.15, -0.1) is 0 Å². The van der Waals surface area contributed by atoms with Gasteiger partial charge in [-0.2, -0.15) is 0 Å². The molecule has 0 saturated carbocycles. The van der Waals surface area contributed by atoms with Gasteiger partial charge in [0.15, 0.2) is 5.13 Å². The Hall–Kier alpha value is -1.41. The lowest BCUT2D eigenvalue weighted by atomic mass is 10.4. The summed E-state index contributed by atoms with van der Waals surface area (Å²) in [7, 11) is 0. The van der Waals surface area contributed by atoms with E-state index in [4.69, 9.17) is 0 Å². The molecular weight excluding hydrogens is 284 g/mol. The minimum atomic E-state index is -0.416. The molecule has 2 rings (SSSR count). The van der Waals surface area contributed by atoms with Gasteiger partial charge in [-0.25, -0.2) is 9.78 Å². The summed E-state index contributed by atoms with van der Waals surface area (Å²) in [6.45, 7) is 0. The Balaban J connectivity index is 2.13. The number of hydrogen-bond donors (Lipinski definition) is 3. The van der Waals surface area contributed by atoms with E-state index in [1.807, 2.05) is 0 Å². The molecule has 2 aromatic rings. The third-order valence-electron chi connectivity index (χ3n) is 1.54. The summed E-state index contributed by atoms with van der Waals surface area (Å²) in [4.78, 5) is 30.8. The summed E-state index contributed by atoms with van der Waals surface area (Å²) >= 11 is 4.51. The number of nitrogens with zero attached hydrogens (tertiary/aromatic N) is 1. The lowest BCUT2D eigenvalue weighted by Gasteiger charge is -1.96. The van der Waals surface area contributed by atoms with Crippen molar-refractivity contribution in [2.75, 3.05) is 5.32 Å². The minimum Gasteiger partial charge on any atom is -0.312 e. The molecule has 0 unspecified atom stereocenters. The van der Waals surface area contributed by atoms with Crippen molar-refractivity contribution in [1.82, 2.24) is 15.0 Å². The van der Waals surface area contributed by atoms with Crippen LogP contribution in [-0.2, 0) is 0 Å². The number of carbonyl (C=O) groups is 1. The van der Waals surface area contributed by atoms with Gasteiger partial charge in [-0.05, 0) is 15.9 Å². The Kier molecular flexibility index (Phi) is 2.69. The predicted molar refractivity (Wildman–Crippen MR) is 59.2 cm³/mol. The van der Waals surface area contributed by atoms with E-state index in [-0.39, 0.29) is 5.69 Å². The maximum absolute atomic E-state index is 11.5. The maximum Gasteiger partial charge on any atom is 0.323 e. The molecule has 8 heteroatoms. The van der Waals surface area contributed by atoms with Crippen LogP contribution in [0.15, 0.2) is 21.0 Å². The van der Waals surface area contributed by atoms with E-state index >= 15 is 0 Å². The Labute approximate surface area is 95.9 Å². The SMILES string of the molecule is O=C(Nc1ncc(Br)s1)c1c[nH]c(=O)[nH]1. The average molecular weight is 289 g/mol. The fourth-order valence-electron chi connectivity index (χ4n) is 0.931. The zero-order chi connectivity index (χ0) is 10.8. The Morgan fingerprint density at radius 3 is 2.93 bits per heavy atom. The summed E-state index contributed by atoms with van der Waals surface area (Å²) in [5, 5.41) is 3.01. The topological polar surface area (TPSA) is 90.6 Å². The van der Waals surface area contributed by atoms with Gasteiger partial charge in [-0.3, -0.25) is 10.1 Å². The first-order valence-electron chi connectivity index (χ1n) is 3.85. The number of amides is 1. The quantitative estimate of drug-likeness (QED) is 0.775. The Morgan fingerprint density at radius 1 is 1.60 bits per heavy atom. The lowest BCUT2D eigenvalue weighted by molar-refractivity contribution is 0.102. The standard InChI is InChI=1S/C7H5BrN4O2S/c8-4-2-10-7(15-4)12-5(13)3-1-9-6(14)11-3/h1-2H,(H2,9,11,14)(H,10,12,13). The maximum atomic E-state index is 11.5. The fourth-order valence-corrected chi connectivity index (χ4v) is 2.03. The van der Waals surface area contributed by atoms with Crippen LogP contribution in [0.1, 0.15) is 10.5 Å². The number of carbonyl (C=O) groups excluding carboxylic acids is 1. The van der Waals surface area contributed by atoms with Crippen molar-refractivity contribution in [1.29, 1.82) is 0 Å². The van der Waals surface area contributed by atoms with Crippen LogP contribution in [0.25, 0.3) is 0 Å². The third kappa shape index (κ3) is 2.34. The molecule has 2 heterocycles. The average Bonchev–Trinajstić information content (AvgIpc) is 2.75. The molecule has 0 saturated heterocycles. The largest absolute Gasteiger partial charge is 0.323 e. The third-order valence-corrected chi connectivity index (χ3v) is 2.93. The predicted octanol–water partition coefficient (Wildman–Crippen LogP) is 1.17. The molecule has 0 aliphatic carbocycles. The number of imidazole rings is 1. The monoisotopic (exact) mass is 288 g/mol. The highest BCUT2D eigenvalue weighted by atomic mass is 79.9. The number of aromatic amines is 2. The fraction of sp³-hybridized carbons (Fsp3) is 0. The lowest BCUT2D eigenvalue weighted by Crippen LogP contribution is -2.13. The summed E-state index contributed by atoms with van der Waals surface area (Å²) in [5.74, 6) is -0.407. The van der Waals surface area contributed by atoms with Crippen molar-refractivity contribution in [3.05, 3.63) is 32.4 Å². The van der Waals surface area contributed by atoms with E-state index in [9.17, 15) is 9.59 Å². The molecule has 0 aliphatic rings. The van der Waals surface area contributed by atoms with Crippen LogP contribution < -0.4 is 11.0 Å². The van der Waals surface area contributed by atoms with Gasteiger partial charge in [0, 0.05) is 6.20 Å². The molecule has 0 aromatic carbocycles. The van der Waals surface area contributed by atoms with Crippen LogP contribution in [0.2, 0.25) is 0 Å². The molecule has 78 valence electrons. The van der Waals surface area contributed by atoms with Crippen LogP contribution in [0.3, 0.4) is 0 Å². The molecule has 0 spiro atoms. The van der Waals surface area contributed by atoms with Gasteiger partial charge < -0.3 is 9.97 Å². The van der Waals surface area contributed by atoms with Crippen molar-refractivity contribution < 1.29 is 4.79 Å². The van der Waals surface area contributed by atoms with Gasteiger partial charge in [0.25, 0.3) is 5.91 Å². The number of anilines is 1. The highest BCUT2D eigenvalue weighted by molar-refractivity contribution is 9.11. The number of nitrogens with one attached hydrogen (secondary N) is 3. The molecule has 6 nitrogen and oxygen atoms in total. The van der Waals surface area contributed by atoms with Crippen LogP contribution in [0.5, 0.6) is 0 Å². The second kappa shape index (κ2) is 3.99. The highest BCUT2D eigenvalue weighted by Crippen LogP contribution is 2.23. The van der Waals surface area contributed by atoms with E-state index in [1.165, 1.54) is 17.5 Å². The van der Waals surface area contributed by atoms with Gasteiger partial charge in [0.1, 0.15) is 5.69 Å². The van der Waals surface area contributed by atoms with Crippen molar-refractivity contribution in [2.24, 2.45) is 0 Å². The molecule has 0 radical (unpaired) electrons. The summed E-state index contributed by atoms with van der Waals surface area (Å²) < 4.78 is 0.820. The molecule has 1 amide bonds. The van der Waals surface area contributed by atoms with Crippen LogP contribution in [-0.4, -0.2) is 20.9 Å². The first-order chi connectivity index (χ1) is 7.15. The van der Waals surface area contributed by atoms with Crippen molar-refractivity contribution >= 4 is 38.3 Å². The van der Waals surface area contributed by atoms with Crippen molar-refractivity contribution in [2.45, 2.75) is 0 Å². The number of halogens is 1. The zero-order valence-electron chi connectivity index (χ0n) is 7.20. The molecule has 3 N–H and O–H groups in total. The molecule has 0 atom stereocenters. The van der Waals surface area contributed by atoms with Crippen LogP contribution >= 0.6 is 27.3 Å². The Bertz CT molecular complexity index is 543. The molecule has 0 aliphatic heterocycles. The molecule has 2 aromatic heterocycles. The molecule has 15 heavy (non-hydrogen) atoms. The molecule has 0 bridgehead atoms. The second-order valence-corrected chi connectivity index (χ2v) is 4.99. The number of H-pyrrole nitrogens is 2. The van der Waals surface area contributed by atoms with E-state index in [0.717, 1.165) is 3.79 Å². The van der Waals surface area contributed by atoms with Crippen molar-refractivity contribution in [3.63, 3.8) is 0 Å². The number of hydrogen-bond acceptors (Lipinski definition) is 4. The van der Waals surface area contributed by atoms with E-state index in [2.05, 4.69) is 36.2 Å². The van der Waals surface area contributed by atoms with Gasteiger partial charge in [0.2, 0.25) is 0 Å². The number of rotatable bonds is 2. The Morgan fingerprint density at radius 2 is 2.40 bits per heavy atom. The molecular formula is C7H5BrN4O2S. The van der Waals surface area contributed by atoms with Crippen molar-refractivity contribution in [3.8, 4) is 0 Å². The van der Waals surface area contributed by atoms with Gasteiger partial charge >= 0.3 is 5.69 Å². The van der Waals surface area contributed by atoms with E-state index in [1.54, 1.807) is 6.20 Å². The number of aromatic nitrogens is 3.